The minimum absolute atomic E-state index is 0.0566. The van der Waals surface area contributed by atoms with Crippen molar-refractivity contribution >= 4 is 46.7 Å². The largest absolute Gasteiger partial charge is 0.455 e. The lowest BCUT2D eigenvalue weighted by Crippen LogP contribution is -2.44. The van der Waals surface area contributed by atoms with E-state index in [1.807, 2.05) is 20.8 Å². The summed E-state index contributed by atoms with van der Waals surface area (Å²) in [6.45, 7) is 5.18. The lowest BCUT2D eigenvalue weighted by molar-refractivity contribution is -0.160. The van der Waals surface area contributed by atoms with E-state index in [1.54, 1.807) is 18.2 Å². The number of halogens is 2. The number of carbonyl (C=O) groups is 3. The van der Waals surface area contributed by atoms with E-state index in [2.05, 4.69) is 10.6 Å². The molecule has 1 fully saturated rings. The number of anilines is 1. The van der Waals surface area contributed by atoms with Crippen LogP contribution in [0.3, 0.4) is 0 Å². The molecule has 2 N–H and O–H groups in total. The quantitative estimate of drug-likeness (QED) is 0.659. The molecule has 1 aromatic rings. The van der Waals surface area contributed by atoms with Crippen molar-refractivity contribution in [2.45, 2.75) is 58.4 Å². The predicted molar refractivity (Wildman–Crippen MR) is 109 cm³/mol. The first-order valence-corrected chi connectivity index (χ1v) is 10.0. The fourth-order valence-electron chi connectivity index (χ4n) is 3.35. The van der Waals surface area contributed by atoms with Gasteiger partial charge in [-0.25, -0.2) is 0 Å². The second kappa shape index (κ2) is 9.14. The summed E-state index contributed by atoms with van der Waals surface area (Å²) in [6, 6.07) is 4.85. The van der Waals surface area contributed by atoms with Crippen LogP contribution in [0.25, 0.3) is 0 Å². The molecule has 0 radical (unpaired) electrons. The van der Waals surface area contributed by atoms with Crippen molar-refractivity contribution in [1.29, 1.82) is 0 Å². The van der Waals surface area contributed by atoms with E-state index in [0.717, 1.165) is 12.8 Å². The second-order valence-electron chi connectivity index (χ2n) is 8.18. The van der Waals surface area contributed by atoms with Gasteiger partial charge < -0.3 is 15.4 Å². The van der Waals surface area contributed by atoms with Crippen molar-refractivity contribution in [3.63, 3.8) is 0 Å². The van der Waals surface area contributed by atoms with E-state index in [0.29, 0.717) is 22.9 Å². The number of amides is 2. The first-order valence-electron chi connectivity index (χ1n) is 9.24. The highest BCUT2D eigenvalue weighted by Crippen LogP contribution is 2.42. The molecule has 8 heteroatoms. The normalized spacial score (nSPS) is 15.8. The molecule has 28 heavy (non-hydrogen) atoms. The maximum atomic E-state index is 12.7. The van der Waals surface area contributed by atoms with E-state index < -0.39 is 23.9 Å². The lowest BCUT2D eigenvalue weighted by atomic mass is 9.82. The molecular formula is C20H26Cl2N2O4. The first kappa shape index (κ1) is 22.5. The zero-order chi connectivity index (χ0) is 20.9. The third kappa shape index (κ3) is 6.11. The number of carbonyl (C=O) groups excluding carboxylic acids is 3. The maximum absolute atomic E-state index is 12.7. The summed E-state index contributed by atoms with van der Waals surface area (Å²) in [7, 11) is 0. The monoisotopic (exact) mass is 428 g/mol. The predicted octanol–water partition coefficient (Wildman–Crippen LogP) is 4.34. The van der Waals surface area contributed by atoms with E-state index >= 15 is 0 Å². The van der Waals surface area contributed by atoms with Crippen molar-refractivity contribution in [3.8, 4) is 0 Å². The zero-order valence-corrected chi connectivity index (χ0v) is 17.9. The average Bonchev–Trinajstić information content (AvgIpc) is 3.04. The number of hydrogen-bond donors (Lipinski definition) is 2. The molecular weight excluding hydrogens is 403 g/mol. The Morgan fingerprint density at radius 2 is 1.64 bits per heavy atom. The van der Waals surface area contributed by atoms with Gasteiger partial charge in [0.15, 0.2) is 6.61 Å². The van der Waals surface area contributed by atoms with Gasteiger partial charge in [-0.15, -0.1) is 0 Å². The van der Waals surface area contributed by atoms with Gasteiger partial charge in [0, 0.05) is 12.0 Å². The zero-order valence-electron chi connectivity index (χ0n) is 16.4. The van der Waals surface area contributed by atoms with Gasteiger partial charge in [-0.2, -0.15) is 0 Å². The van der Waals surface area contributed by atoms with Gasteiger partial charge in [-0.3, -0.25) is 14.4 Å². The number of esters is 1. The molecule has 0 spiro atoms. The number of hydrogen-bond acceptors (Lipinski definition) is 4. The molecule has 154 valence electrons. The number of nitrogens with one attached hydrogen (secondary N) is 2. The molecule has 2 amide bonds. The highest BCUT2D eigenvalue weighted by atomic mass is 35.5. The van der Waals surface area contributed by atoms with Crippen molar-refractivity contribution < 1.29 is 19.1 Å². The van der Waals surface area contributed by atoms with Crippen LogP contribution in [0.5, 0.6) is 0 Å². The van der Waals surface area contributed by atoms with Crippen LogP contribution in [0.4, 0.5) is 5.69 Å². The van der Waals surface area contributed by atoms with E-state index in [9.17, 15) is 14.4 Å². The molecule has 6 nitrogen and oxygen atoms in total. The summed E-state index contributed by atoms with van der Waals surface area (Å²) in [5.74, 6) is -1.26. The fourth-order valence-corrected chi connectivity index (χ4v) is 3.84. The first-order chi connectivity index (χ1) is 13.0. The van der Waals surface area contributed by atoms with Crippen LogP contribution >= 0.6 is 23.2 Å². The Morgan fingerprint density at radius 1 is 1.07 bits per heavy atom. The number of rotatable bonds is 6. The molecule has 1 aliphatic rings. The Bertz CT molecular complexity index is 733. The Balaban J connectivity index is 1.97. The summed E-state index contributed by atoms with van der Waals surface area (Å²) in [5, 5.41) is 6.01. The van der Waals surface area contributed by atoms with Gasteiger partial charge in [0.1, 0.15) is 0 Å². The Kier molecular flexibility index (Phi) is 7.34. The van der Waals surface area contributed by atoms with Crippen LogP contribution < -0.4 is 10.6 Å². The van der Waals surface area contributed by atoms with Crippen LogP contribution in [0.2, 0.25) is 10.0 Å². The lowest BCUT2D eigenvalue weighted by Gasteiger charge is -2.28. The molecule has 0 unspecified atom stereocenters. The minimum Gasteiger partial charge on any atom is -0.455 e. The summed E-state index contributed by atoms with van der Waals surface area (Å²) in [6.07, 6.45) is 2.89. The van der Waals surface area contributed by atoms with Gasteiger partial charge in [0.2, 0.25) is 5.91 Å². The standard InChI is InChI=1S/C20H26Cl2N2O4/c1-19(2,3)24-15(25)11-20(9-4-5-10-20)18(27)28-12-16(26)23-17-13(21)7-6-8-14(17)22/h6-8H,4-5,9-12H2,1-3H3,(H,23,26)(H,24,25). The number of ether oxygens (including phenoxy) is 1. The second-order valence-corrected chi connectivity index (χ2v) is 9.00. The summed E-state index contributed by atoms with van der Waals surface area (Å²) < 4.78 is 5.26. The molecule has 0 aliphatic heterocycles. The van der Waals surface area contributed by atoms with Gasteiger partial charge in [0.05, 0.1) is 21.1 Å². The van der Waals surface area contributed by atoms with E-state index in [1.165, 1.54) is 0 Å². The Labute approximate surface area is 175 Å². The van der Waals surface area contributed by atoms with Gasteiger partial charge >= 0.3 is 5.97 Å². The highest BCUT2D eigenvalue weighted by Gasteiger charge is 2.44. The Hall–Kier alpha value is -1.79. The van der Waals surface area contributed by atoms with Gasteiger partial charge in [-0.05, 0) is 45.7 Å². The Morgan fingerprint density at radius 3 is 2.18 bits per heavy atom. The molecule has 0 bridgehead atoms. The molecule has 1 saturated carbocycles. The van der Waals surface area contributed by atoms with Crippen molar-refractivity contribution in [1.82, 2.24) is 5.32 Å². The summed E-state index contributed by atoms with van der Waals surface area (Å²) in [5.41, 5.74) is -0.987. The van der Waals surface area contributed by atoms with Crippen molar-refractivity contribution in [2.24, 2.45) is 5.41 Å². The maximum Gasteiger partial charge on any atom is 0.313 e. The molecule has 0 atom stereocenters. The molecule has 1 aromatic carbocycles. The topological polar surface area (TPSA) is 84.5 Å². The van der Waals surface area contributed by atoms with Gasteiger partial charge in [-0.1, -0.05) is 42.1 Å². The van der Waals surface area contributed by atoms with Crippen LogP contribution in [0.1, 0.15) is 52.9 Å². The van der Waals surface area contributed by atoms with Crippen molar-refractivity contribution in [3.05, 3.63) is 28.2 Å². The molecule has 0 saturated heterocycles. The SMILES string of the molecule is CC(C)(C)NC(=O)CC1(C(=O)OCC(=O)Nc2c(Cl)cccc2Cl)CCCC1. The third-order valence-electron chi connectivity index (χ3n) is 4.57. The smallest absolute Gasteiger partial charge is 0.313 e. The number of benzene rings is 1. The summed E-state index contributed by atoms with van der Waals surface area (Å²) >= 11 is 12.0. The van der Waals surface area contributed by atoms with E-state index in [4.69, 9.17) is 27.9 Å². The van der Waals surface area contributed by atoms with Crippen molar-refractivity contribution in [2.75, 3.05) is 11.9 Å². The number of para-hydroxylation sites is 1. The highest BCUT2D eigenvalue weighted by molar-refractivity contribution is 6.39. The van der Waals surface area contributed by atoms with Crippen LogP contribution in [-0.4, -0.2) is 29.9 Å². The van der Waals surface area contributed by atoms with Gasteiger partial charge in [0.25, 0.3) is 5.91 Å². The summed E-state index contributed by atoms with van der Waals surface area (Å²) in [4.78, 5) is 37.2. The van der Waals surface area contributed by atoms with Crippen LogP contribution in [0, 0.1) is 5.41 Å². The van der Waals surface area contributed by atoms with Crippen LogP contribution in [0.15, 0.2) is 18.2 Å². The molecule has 0 heterocycles. The fraction of sp³-hybridized carbons (Fsp3) is 0.550. The minimum atomic E-state index is -0.877. The molecule has 0 aromatic heterocycles. The molecule has 1 aliphatic carbocycles. The molecule has 2 rings (SSSR count). The third-order valence-corrected chi connectivity index (χ3v) is 5.20. The average molecular weight is 429 g/mol. The van der Waals surface area contributed by atoms with Crippen LogP contribution in [-0.2, 0) is 19.1 Å². The van der Waals surface area contributed by atoms with E-state index in [-0.39, 0.29) is 23.6 Å².